The fourth-order valence-corrected chi connectivity index (χ4v) is 1.87. The van der Waals surface area contributed by atoms with Crippen LogP contribution in [0.1, 0.15) is 24.8 Å². The molecule has 0 amide bonds. The van der Waals surface area contributed by atoms with Gasteiger partial charge in [0.2, 0.25) is 0 Å². The molecule has 0 spiro atoms. The van der Waals surface area contributed by atoms with E-state index in [1.165, 1.54) is 5.56 Å². The molecule has 0 unspecified atom stereocenters. The zero-order chi connectivity index (χ0) is 11.8. The van der Waals surface area contributed by atoms with Crippen LogP contribution in [-0.2, 0) is 6.54 Å². The highest BCUT2D eigenvalue weighted by Gasteiger charge is 1.98. The summed E-state index contributed by atoms with van der Waals surface area (Å²) in [6, 6.07) is 5.98. The second-order valence-electron chi connectivity index (χ2n) is 3.71. The van der Waals surface area contributed by atoms with Crippen molar-refractivity contribution >= 4 is 27.5 Å². The molecule has 0 aromatic heterocycles. The summed E-state index contributed by atoms with van der Waals surface area (Å²) in [5.41, 5.74) is 1.19. The molecule has 0 aliphatic carbocycles. The Morgan fingerprint density at radius 3 is 2.75 bits per heavy atom. The SMILES string of the molecule is OCCCCCNCc1ccc(Br)c(Cl)c1. The number of hydrogen-bond donors (Lipinski definition) is 2. The lowest BCUT2D eigenvalue weighted by atomic mass is 10.2. The van der Waals surface area contributed by atoms with E-state index in [1.807, 2.05) is 12.1 Å². The zero-order valence-electron chi connectivity index (χ0n) is 9.18. The molecule has 0 aliphatic rings. The molecule has 0 heterocycles. The van der Waals surface area contributed by atoms with E-state index in [0.29, 0.717) is 6.61 Å². The molecule has 1 rings (SSSR count). The molecule has 0 radical (unpaired) electrons. The molecule has 0 atom stereocenters. The minimum atomic E-state index is 0.294. The lowest BCUT2D eigenvalue weighted by Crippen LogP contribution is -2.14. The van der Waals surface area contributed by atoms with Crippen molar-refractivity contribution in [2.24, 2.45) is 0 Å². The number of hydrogen-bond acceptors (Lipinski definition) is 2. The van der Waals surface area contributed by atoms with Gasteiger partial charge in [-0.25, -0.2) is 0 Å². The van der Waals surface area contributed by atoms with Crippen molar-refractivity contribution in [3.8, 4) is 0 Å². The molecule has 2 nitrogen and oxygen atoms in total. The molecule has 4 heteroatoms. The predicted octanol–water partition coefficient (Wildman–Crippen LogP) is 3.35. The van der Waals surface area contributed by atoms with Crippen molar-refractivity contribution in [3.05, 3.63) is 33.3 Å². The van der Waals surface area contributed by atoms with E-state index < -0.39 is 0 Å². The minimum absolute atomic E-state index is 0.294. The molecule has 0 saturated heterocycles. The maximum Gasteiger partial charge on any atom is 0.0551 e. The van der Waals surface area contributed by atoms with Crippen LogP contribution >= 0.6 is 27.5 Å². The molecule has 2 N–H and O–H groups in total. The number of benzene rings is 1. The van der Waals surface area contributed by atoms with Crippen molar-refractivity contribution in [2.45, 2.75) is 25.8 Å². The molecular formula is C12H17BrClNO. The Morgan fingerprint density at radius 2 is 2.06 bits per heavy atom. The summed E-state index contributed by atoms with van der Waals surface area (Å²) < 4.78 is 0.931. The third-order valence-electron chi connectivity index (χ3n) is 2.32. The average Bonchev–Trinajstić information content (AvgIpc) is 2.28. The third kappa shape index (κ3) is 5.30. The Balaban J connectivity index is 2.19. The van der Waals surface area contributed by atoms with Crippen molar-refractivity contribution in [1.82, 2.24) is 5.32 Å². The summed E-state index contributed by atoms with van der Waals surface area (Å²) in [6.07, 6.45) is 3.07. The maximum atomic E-state index is 8.62. The Kier molecular flexibility index (Phi) is 7.05. The summed E-state index contributed by atoms with van der Waals surface area (Å²) in [4.78, 5) is 0. The van der Waals surface area contributed by atoms with Crippen LogP contribution in [0.2, 0.25) is 5.02 Å². The van der Waals surface area contributed by atoms with Gasteiger partial charge in [-0.05, 0) is 59.4 Å². The Morgan fingerprint density at radius 1 is 1.25 bits per heavy atom. The number of aliphatic hydroxyl groups excluding tert-OH is 1. The molecule has 90 valence electrons. The van der Waals surface area contributed by atoms with Crippen LogP contribution in [0, 0.1) is 0 Å². The van der Waals surface area contributed by atoms with Gasteiger partial charge >= 0.3 is 0 Å². The van der Waals surface area contributed by atoms with E-state index >= 15 is 0 Å². The standard InChI is InChI=1S/C12H17BrClNO/c13-11-5-4-10(8-12(11)14)9-15-6-2-1-3-7-16/h4-5,8,15-16H,1-3,6-7,9H2. The fourth-order valence-electron chi connectivity index (χ4n) is 1.42. The summed E-state index contributed by atoms with van der Waals surface area (Å²) in [7, 11) is 0. The maximum absolute atomic E-state index is 8.62. The Labute approximate surface area is 110 Å². The molecule has 0 fully saturated rings. The monoisotopic (exact) mass is 305 g/mol. The van der Waals surface area contributed by atoms with Gasteiger partial charge in [-0.3, -0.25) is 0 Å². The molecule has 1 aromatic carbocycles. The third-order valence-corrected chi connectivity index (χ3v) is 3.56. The van der Waals surface area contributed by atoms with E-state index in [-0.39, 0.29) is 0 Å². The second-order valence-corrected chi connectivity index (χ2v) is 4.97. The lowest BCUT2D eigenvalue weighted by Gasteiger charge is -2.05. The van der Waals surface area contributed by atoms with Gasteiger partial charge in [-0.2, -0.15) is 0 Å². The van der Waals surface area contributed by atoms with Crippen molar-refractivity contribution in [2.75, 3.05) is 13.2 Å². The smallest absolute Gasteiger partial charge is 0.0551 e. The first-order valence-corrected chi connectivity index (χ1v) is 6.66. The highest BCUT2D eigenvalue weighted by Crippen LogP contribution is 2.22. The summed E-state index contributed by atoms with van der Waals surface area (Å²) >= 11 is 9.36. The topological polar surface area (TPSA) is 32.3 Å². The first kappa shape index (κ1) is 14.0. The van der Waals surface area contributed by atoms with Crippen LogP contribution in [0.15, 0.2) is 22.7 Å². The van der Waals surface area contributed by atoms with Gasteiger partial charge in [-0.15, -0.1) is 0 Å². The van der Waals surface area contributed by atoms with Crippen LogP contribution in [0.25, 0.3) is 0 Å². The fraction of sp³-hybridized carbons (Fsp3) is 0.500. The number of unbranched alkanes of at least 4 members (excludes halogenated alkanes) is 2. The molecule has 0 saturated carbocycles. The van der Waals surface area contributed by atoms with Crippen molar-refractivity contribution < 1.29 is 5.11 Å². The minimum Gasteiger partial charge on any atom is -0.396 e. The Hall–Kier alpha value is -0.0900. The molecule has 0 aliphatic heterocycles. The molecular weight excluding hydrogens is 289 g/mol. The van der Waals surface area contributed by atoms with E-state index in [9.17, 15) is 0 Å². The van der Waals surface area contributed by atoms with E-state index in [0.717, 1.165) is 41.8 Å². The summed E-state index contributed by atoms with van der Waals surface area (Å²) in [5, 5.41) is 12.7. The molecule has 1 aromatic rings. The van der Waals surface area contributed by atoms with Crippen molar-refractivity contribution in [1.29, 1.82) is 0 Å². The van der Waals surface area contributed by atoms with Gasteiger partial charge in [0.15, 0.2) is 0 Å². The largest absolute Gasteiger partial charge is 0.396 e. The second kappa shape index (κ2) is 8.07. The van der Waals surface area contributed by atoms with Crippen LogP contribution in [0.3, 0.4) is 0 Å². The van der Waals surface area contributed by atoms with Crippen LogP contribution in [0.5, 0.6) is 0 Å². The van der Waals surface area contributed by atoms with Gasteiger partial charge in [0, 0.05) is 17.6 Å². The number of halogens is 2. The number of nitrogens with one attached hydrogen (secondary N) is 1. The average molecular weight is 307 g/mol. The lowest BCUT2D eigenvalue weighted by molar-refractivity contribution is 0.283. The van der Waals surface area contributed by atoms with E-state index in [1.54, 1.807) is 0 Å². The molecule has 16 heavy (non-hydrogen) atoms. The first-order valence-electron chi connectivity index (χ1n) is 5.49. The summed E-state index contributed by atoms with van der Waals surface area (Å²) in [6.45, 7) is 2.11. The number of rotatable bonds is 7. The Bertz CT molecular complexity index is 320. The normalized spacial score (nSPS) is 10.7. The van der Waals surface area contributed by atoms with Crippen LogP contribution < -0.4 is 5.32 Å². The number of aliphatic hydroxyl groups is 1. The van der Waals surface area contributed by atoms with Gasteiger partial charge in [0.05, 0.1) is 5.02 Å². The highest BCUT2D eigenvalue weighted by molar-refractivity contribution is 9.10. The van der Waals surface area contributed by atoms with Crippen molar-refractivity contribution in [3.63, 3.8) is 0 Å². The summed E-state index contributed by atoms with van der Waals surface area (Å²) in [5.74, 6) is 0. The first-order chi connectivity index (χ1) is 7.74. The van der Waals surface area contributed by atoms with Gasteiger partial charge in [-0.1, -0.05) is 17.7 Å². The van der Waals surface area contributed by atoms with Gasteiger partial charge < -0.3 is 10.4 Å². The predicted molar refractivity (Wildman–Crippen MR) is 71.8 cm³/mol. The van der Waals surface area contributed by atoms with Crippen LogP contribution in [-0.4, -0.2) is 18.3 Å². The highest BCUT2D eigenvalue weighted by atomic mass is 79.9. The van der Waals surface area contributed by atoms with E-state index in [4.69, 9.17) is 16.7 Å². The van der Waals surface area contributed by atoms with Gasteiger partial charge in [0.1, 0.15) is 0 Å². The van der Waals surface area contributed by atoms with Crippen LogP contribution in [0.4, 0.5) is 0 Å². The van der Waals surface area contributed by atoms with E-state index in [2.05, 4.69) is 27.3 Å². The zero-order valence-corrected chi connectivity index (χ0v) is 11.5. The quantitative estimate of drug-likeness (QED) is 0.757. The van der Waals surface area contributed by atoms with Gasteiger partial charge in [0.25, 0.3) is 0 Å². The molecule has 0 bridgehead atoms.